The van der Waals surface area contributed by atoms with Crippen LogP contribution in [0.4, 0.5) is 5.69 Å². The number of rotatable bonds is 5. The van der Waals surface area contributed by atoms with Crippen molar-refractivity contribution in [1.82, 2.24) is 0 Å². The highest BCUT2D eigenvalue weighted by Crippen LogP contribution is 2.28. The molecule has 1 heterocycles. The number of hydrogen-bond acceptors (Lipinski definition) is 3. The first kappa shape index (κ1) is 17.0. The van der Waals surface area contributed by atoms with Gasteiger partial charge >= 0.3 is 0 Å². The average molecular weight is 353 g/mol. The summed E-state index contributed by atoms with van der Waals surface area (Å²) in [5.74, 6) is 0.495. The zero-order chi connectivity index (χ0) is 17.8. The molecule has 2 aromatic rings. The van der Waals surface area contributed by atoms with E-state index in [1.165, 1.54) is 5.01 Å². The van der Waals surface area contributed by atoms with Crippen molar-refractivity contribution >= 4 is 35.0 Å². The van der Waals surface area contributed by atoms with Gasteiger partial charge in [-0.25, -0.2) is 0 Å². The van der Waals surface area contributed by atoms with E-state index in [9.17, 15) is 4.79 Å². The molecule has 0 saturated heterocycles. The maximum atomic E-state index is 12.8. The van der Waals surface area contributed by atoms with Crippen LogP contribution in [-0.2, 0) is 4.79 Å². The summed E-state index contributed by atoms with van der Waals surface area (Å²) in [5.41, 5.74) is 2.62. The second kappa shape index (κ2) is 7.36. The summed E-state index contributed by atoms with van der Waals surface area (Å²) < 4.78 is 5.65. The molecule has 0 bridgehead atoms. The summed E-state index contributed by atoms with van der Waals surface area (Å²) in [6, 6.07) is 14.6. The van der Waals surface area contributed by atoms with Crippen LogP contribution in [0.25, 0.3) is 6.08 Å². The standard InChI is InChI=1S/C20H17ClN2O2/c1-3-11-25-19-10-5-4-7-15(19)12-18-14(2)22-23(20(18)24)17-9-6-8-16(21)13-17/h3-10,12-13H,1,11H2,2H3/b18-12-. The third-order valence-corrected chi connectivity index (χ3v) is 3.93. The predicted octanol–water partition coefficient (Wildman–Crippen LogP) is 4.71. The molecular weight excluding hydrogens is 336 g/mol. The fraction of sp³-hybridized carbons (Fsp3) is 0.100. The molecule has 1 aliphatic rings. The van der Waals surface area contributed by atoms with E-state index in [2.05, 4.69) is 11.7 Å². The van der Waals surface area contributed by atoms with Crippen LogP contribution in [0, 0.1) is 0 Å². The average Bonchev–Trinajstić information content (AvgIpc) is 2.89. The van der Waals surface area contributed by atoms with Crippen LogP contribution < -0.4 is 9.75 Å². The molecular formula is C20H17ClN2O2. The lowest BCUT2D eigenvalue weighted by molar-refractivity contribution is -0.114. The molecule has 126 valence electrons. The Balaban J connectivity index is 1.94. The number of amides is 1. The first-order chi connectivity index (χ1) is 12.1. The van der Waals surface area contributed by atoms with Crippen molar-refractivity contribution in [2.75, 3.05) is 11.6 Å². The van der Waals surface area contributed by atoms with E-state index in [4.69, 9.17) is 16.3 Å². The molecule has 0 unspecified atom stereocenters. The van der Waals surface area contributed by atoms with Crippen molar-refractivity contribution in [3.63, 3.8) is 0 Å². The second-order valence-corrected chi connectivity index (χ2v) is 5.91. The van der Waals surface area contributed by atoms with Gasteiger partial charge in [-0.15, -0.1) is 0 Å². The molecule has 0 aliphatic carbocycles. The predicted molar refractivity (Wildman–Crippen MR) is 102 cm³/mol. The van der Waals surface area contributed by atoms with E-state index in [1.807, 2.05) is 31.2 Å². The van der Waals surface area contributed by atoms with Gasteiger partial charge in [0.2, 0.25) is 0 Å². The number of nitrogens with zero attached hydrogens (tertiary/aromatic N) is 2. The van der Waals surface area contributed by atoms with Crippen LogP contribution in [0.15, 0.2) is 71.9 Å². The Hall–Kier alpha value is -2.85. The van der Waals surface area contributed by atoms with E-state index in [-0.39, 0.29) is 5.91 Å². The maximum absolute atomic E-state index is 12.8. The Morgan fingerprint density at radius 2 is 2.04 bits per heavy atom. The number of hydrazone groups is 1. The molecule has 0 spiro atoms. The van der Waals surface area contributed by atoms with Gasteiger partial charge in [0.05, 0.1) is 17.0 Å². The number of anilines is 1. The van der Waals surface area contributed by atoms with Crippen molar-refractivity contribution in [2.45, 2.75) is 6.92 Å². The van der Waals surface area contributed by atoms with E-state index in [1.54, 1.807) is 36.4 Å². The minimum absolute atomic E-state index is 0.196. The number of carbonyl (C=O) groups is 1. The minimum atomic E-state index is -0.196. The quantitative estimate of drug-likeness (QED) is 0.577. The Morgan fingerprint density at radius 1 is 1.24 bits per heavy atom. The molecule has 2 aromatic carbocycles. The first-order valence-corrected chi connectivity index (χ1v) is 8.18. The Kier molecular flexibility index (Phi) is 5.00. The summed E-state index contributed by atoms with van der Waals surface area (Å²) in [6.45, 7) is 5.86. The summed E-state index contributed by atoms with van der Waals surface area (Å²) in [4.78, 5) is 12.8. The number of para-hydroxylation sites is 1. The highest BCUT2D eigenvalue weighted by Gasteiger charge is 2.29. The molecule has 0 N–H and O–H groups in total. The van der Waals surface area contributed by atoms with Gasteiger partial charge in [-0.1, -0.05) is 48.5 Å². The fourth-order valence-electron chi connectivity index (χ4n) is 2.50. The van der Waals surface area contributed by atoms with Crippen LogP contribution in [0.1, 0.15) is 12.5 Å². The highest BCUT2D eigenvalue weighted by atomic mass is 35.5. The molecule has 0 saturated carbocycles. The third kappa shape index (κ3) is 3.64. The Labute approximate surface area is 151 Å². The van der Waals surface area contributed by atoms with Crippen LogP contribution in [0.3, 0.4) is 0 Å². The van der Waals surface area contributed by atoms with Crippen molar-refractivity contribution in [1.29, 1.82) is 0 Å². The number of halogens is 1. The number of hydrogen-bond donors (Lipinski definition) is 0. The lowest BCUT2D eigenvalue weighted by atomic mass is 10.1. The Bertz CT molecular complexity index is 887. The second-order valence-electron chi connectivity index (χ2n) is 5.48. The molecule has 25 heavy (non-hydrogen) atoms. The Morgan fingerprint density at radius 3 is 2.80 bits per heavy atom. The van der Waals surface area contributed by atoms with Gasteiger partial charge < -0.3 is 4.74 Å². The molecule has 4 nitrogen and oxygen atoms in total. The highest BCUT2D eigenvalue weighted by molar-refractivity contribution is 6.33. The minimum Gasteiger partial charge on any atom is -0.489 e. The number of benzene rings is 2. The van der Waals surface area contributed by atoms with Gasteiger partial charge in [0.25, 0.3) is 5.91 Å². The zero-order valence-corrected chi connectivity index (χ0v) is 14.5. The van der Waals surface area contributed by atoms with E-state index in [0.717, 1.165) is 5.56 Å². The van der Waals surface area contributed by atoms with E-state index in [0.29, 0.717) is 34.4 Å². The monoisotopic (exact) mass is 352 g/mol. The first-order valence-electron chi connectivity index (χ1n) is 7.80. The molecule has 3 rings (SSSR count). The molecule has 0 atom stereocenters. The molecule has 0 aromatic heterocycles. The van der Waals surface area contributed by atoms with Crippen molar-refractivity contribution in [3.8, 4) is 5.75 Å². The molecule has 0 radical (unpaired) electrons. The number of carbonyl (C=O) groups excluding carboxylic acids is 1. The van der Waals surface area contributed by atoms with Gasteiger partial charge in [-0.05, 0) is 37.3 Å². The van der Waals surface area contributed by atoms with E-state index < -0.39 is 0 Å². The summed E-state index contributed by atoms with van der Waals surface area (Å²) in [6.07, 6.45) is 3.47. The zero-order valence-electron chi connectivity index (χ0n) is 13.8. The third-order valence-electron chi connectivity index (χ3n) is 3.69. The summed E-state index contributed by atoms with van der Waals surface area (Å²) in [7, 11) is 0. The van der Waals surface area contributed by atoms with Crippen LogP contribution in [0.2, 0.25) is 5.02 Å². The molecule has 0 fully saturated rings. The molecule has 1 amide bonds. The lowest BCUT2D eigenvalue weighted by Crippen LogP contribution is -2.21. The summed E-state index contributed by atoms with van der Waals surface area (Å²) in [5, 5.41) is 6.28. The van der Waals surface area contributed by atoms with E-state index >= 15 is 0 Å². The number of ether oxygens (including phenoxy) is 1. The van der Waals surface area contributed by atoms with Gasteiger partial charge in [0.1, 0.15) is 12.4 Å². The maximum Gasteiger partial charge on any atom is 0.280 e. The van der Waals surface area contributed by atoms with Crippen LogP contribution >= 0.6 is 11.6 Å². The van der Waals surface area contributed by atoms with Crippen molar-refractivity contribution < 1.29 is 9.53 Å². The molecule has 5 heteroatoms. The van der Waals surface area contributed by atoms with Crippen molar-refractivity contribution in [3.05, 3.63) is 77.3 Å². The lowest BCUT2D eigenvalue weighted by Gasteiger charge is -2.12. The fourth-order valence-corrected chi connectivity index (χ4v) is 2.69. The topological polar surface area (TPSA) is 41.9 Å². The van der Waals surface area contributed by atoms with Gasteiger partial charge in [-0.3, -0.25) is 4.79 Å². The molecule has 1 aliphatic heterocycles. The SMILES string of the molecule is C=CCOc1ccccc1/C=C1\C(=O)N(c2cccc(Cl)c2)N=C1C. The normalized spacial score (nSPS) is 15.4. The largest absolute Gasteiger partial charge is 0.489 e. The van der Waals surface area contributed by atoms with Gasteiger partial charge in [0.15, 0.2) is 0 Å². The van der Waals surface area contributed by atoms with Crippen LogP contribution in [-0.4, -0.2) is 18.2 Å². The summed E-state index contributed by atoms with van der Waals surface area (Å²) >= 11 is 6.02. The van der Waals surface area contributed by atoms with Gasteiger partial charge in [0, 0.05) is 10.6 Å². The smallest absolute Gasteiger partial charge is 0.280 e. The van der Waals surface area contributed by atoms with Crippen LogP contribution in [0.5, 0.6) is 5.75 Å². The van der Waals surface area contributed by atoms with Gasteiger partial charge in [-0.2, -0.15) is 10.1 Å². The van der Waals surface area contributed by atoms with Crippen molar-refractivity contribution in [2.24, 2.45) is 5.10 Å².